The molecule has 0 bridgehead atoms. The predicted octanol–water partition coefficient (Wildman–Crippen LogP) is 2.00. The van der Waals surface area contributed by atoms with Crippen molar-refractivity contribution >= 4 is 28.3 Å². The summed E-state index contributed by atoms with van der Waals surface area (Å²) >= 11 is 1.23. The van der Waals surface area contributed by atoms with Crippen molar-refractivity contribution in [1.29, 1.82) is 0 Å². The van der Waals surface area contributed by atoms with Crippen LogP contribution in [0.25, 0.3) is 10.4 Å². The Morgan fingerprint density at radius 3 is 2.77 bits per heavy atom. The van der Waals surface area contributed by atoms with Gasteiger partial charge in [0.15, 0.2) is 10.8 Å². The van der Waals surface area contributed by atoms with Gasteiger partial charge in [-0.15, -0.1) is 5.10 Å². The average Bonchev–Trinajstić information content (AvgIpc) is 3.32. The number of carbonyl (C=O) groups is 2. The number of hydrogen-bond acceptors (Lipinski definition) is 8. The summed E-state index contributed by atoms with van der Waals surface area (Å²) in [5, 5.41) is 13.9. The molecule has 0 spiro atoms. The molecule has 0 radical (unpaired) electrons. The number of thiazole rings is 1. The number of esters is 1. The number of aromatic nitrogens is 5. The van der Waals surface area contributed by atoms with Crippen molar-refractivity contribution in [3.05, 3.63) is 42.4 Å². The van der Waals surface area contributed by atoms with Crippen LogP contribution < -0.4 is 5.32 Å². The molecule has 0 aliphatic carbocycles. The number of carbonyl (C=O) groups excluding carboxylic acids is 2. The Bertz CT molecular complexity index is 879. The molecule has 2 heterocycles. The normalized spacial score (nSPS) is 10.5. The van der Waals surface area contributed by atoms with E-state index in [4.69, 9.17) is 4.74 Å². The van der Waals surface area contributed by atoms with Crippen LogP contribution >= 0.6 is 11.3 Å². The van der Waals surface area contributed by atoms with Gasteiger partial charge in [0.05, 0.1) is 12.0 Å². The second-order valence-electron chi connectivity index (χ2n) is 5.28. The summed E-state index contributed by atoms with van der Waals surface area (Å²) in [5.74, 6) is -0.734. The molecule has 0 aliphatic rings. The number of methoxy groups -OCH3 is 1. The monoisotopic (exact) mass is 372 g/mol. The van der Waals surface area contributed by atoms with Crippen molar-refractivity contribution in [3.63, 3.8) is 0 Å². The zero-order valence-corrected chi connectivity index (χ0v) is 14.8. The fraction of sp³-hybridized carbons (Fsp3) is 0.250. The Kier molecular flexibility index (Phi) is 5.64. The smallest absolute Gasteiger partial charge is 0.358 e. The number of nitrogens with zero attached hydrogens (tertiary/aromatic N) is 5. The van der Waals surface area contributed by atoms with Crippen LogP contribution in [-0.4, -0.2) is 44.2 Å². The van der Waals surface area contributed by atoms with Crippen LogP contribution in [0.15, 0.2) is 36.7 Å². The summed E-state index contributed by atoms with van der Waals surface area (Å²) in [6, 6.07) is 9.37. The Labute approximate surface area is 153 Å². The van der Waals surface area contributed by atoms with Crippen molar-refractivity contribution in [1.82, 2.24) is 25.2 Å². The molecule has 0 saturated heterocycles. The third-order valence-corrected chi connectivity index (χ3v) is 4.49. The quantitative estimate of drug-likeness (QED) is 0.631. The maximum atomic E-state index is 12.1. The zero-order valence-electron chi connectivity index (χ0n) is 14.0. The Balaban J connectivity index is 1.68. The first-order valence-electron chi connectivity index (χ1n) is 7.82. The molecule has 3 rings (SSSR count). The first kappa shape index (κ1) is 17.7. The average molecular weight is 372 g/mol. The summed E-state index contributed by atoms with van der Waals surface area (Å²) in [6.45, 7) is 0.543. The minimum absolute atomic E-state index is 0.188. The van der Waals surface area contributed by atoms with Crippen molar-refractivity contribution in [2.75, 3.05) is 12.4 Å². The molecule has 3 aromatic rings. The lowest BCUT2D eigenvalue weighted by atomic mass is 10.1. The molecule has 0 unspecified atom stereocenters. The van der Waals surface area contributed by atoms with Gasteiger partial charge in [0.2, 0.25) is 5.91 Å². The molecule has 1 amide bonds. The standard InChI is InChI=1S/C16H16N6O3S/c1-25-15(24)13-14(11-6-3-2-4-7-11)26-16(19-13)18-12(23)8-5-9-22-10-17-20-21-22/h2-4,6-7,10H,5,8-9H2,1H3,(H,18,19,23). The van der Waals surface area contributed by atoms with Crippen molar-refractivity contribution in [3.8, 4) is 10.4 Å². The minimum atomic E-state index is -0.542. The van der Waals surface area contributed by atoms with Crippen LogP contribution in [0.5, 0.6) is 0 Å². The van der Waals surface area contributed by atoms with Crippen LogP contribution in [0, 0.1) is 0 Å². The minimum Gasteiger partial charge on any atom is -0.464 e. The Morgan fingerprint density at radius 2 is 2.08 bits per heavy atom. The van der Waals surface area contributed by atoms with Gasteiger partial charge in [0, 0.05) is 13.0 Å². The van der Waals surface area contributed by atoms with Gasteiger partial charge < -0.3 is 10.1 Å². The van der Waals surface area contributed by atoms with E-state index in [2.05, 4.69) is 25.8 Å². The van der Waals surface area contributed by atoms with E-state index in [0.29, 0.717) is 23.0 Å². The third kappa shape index (κ3) is 4.28. The molecule has 0 aliphatic heterocycles. The van der Waals surface area contributed by atoms with Gasteiger partial charge in [-0.1, -0.05) is 41.7 Å². The summed E-state index contributed by atoms with van der Waals surface area (Å²) < 4.78 is 6.35. The maximum absolute atomic E-state index is 12.1. The van der Waals surface area contributed by atoms with E-state index < -0.39 is 5.97 Å². The predicted molar refractivity (Wildman–Crippen MR) is 94.6 cm³/mol. The third-order valence-electron chi connectivity index (χ3n) is 3.47. The SMILES string of the molecule is COC(=O)c1nc(NC(=O)CCCn2cnnn2)sc1-c1ccccc1. The molecule has 0 fully saturated rings. The lowest BCUT2D eigenvalue weighted by Crippen LogP contribution is -2.13. The second-order valence-corrected chi connectivity index (χ2v) is 6.28. The van der Waals surface area contributed by atoms with Crippen LogP contribution in [0.3, 0.4) is 0 Å². The fourth-order valence-electron chi connectivity index (χ4n) is 2.26. The summed E-state index contributed by atoms with van der Waals surface area (Å²) in [7, 11) is 1.30. The number of hydrogen-bond donors (Lipinski definition) is 1. The number of benzene rings is 1. The molecular weight excluding hydrogens is 356 g/mol. The molecule has 0 saturated carbocycles. The molecule has 9 nitrogen and oxygen atoms in total. The number of rotatable bonds is 7. The van der Waals surface area contributed by atoms with E-state index in [1.54, 1.807) is 4.68 Å². The Hall–Kier alpha value is -3.14. The first-order valence-corrected chi connectivity index (χ1v) is 8.64. The molecule has 1 aromatic carbocycles. The lowest BCUT2D eigenvalue weighted by molar-refractivity contribution is -0.116. The second kappa shape index (κ2) is 8.30. The molecule has 1 N–H and O–H groups in total. The van der Waals surface area contributed by atoms with Crippen LogP contribution in [-0.2, 0) is 16.1 Å². The van der Waals surface area contributed by atoms with E-state index in [1.807, 2.05) is 30.3 Å². The van der Waals surface area contributed by atoms with Crippen molar-refractivity contribution < 1.29 is 14.3 Å². The number of anilines is 1. The molecular formula is C16H16N6O3S. The molecule has 10 heteroatoms. The summed E-state index contributed by atoms with van der Waals surface area (Å²) in [4.78, 5) is 29.0. The number of ether oxygens (including phenoxy) is 1. The van der Waals surface area contributed by atoms with Crippen LogP contribution in [0.1, 0.15) is 23.3 Å². The molecule has 134 valence electrons. The highest BCUT2D eigenvalue weighted by Gasteiger charge is 2.21. The summed E-state index contributed by atoms with van der Waals surface area (Å²) in [6.07, 6.45) is 2.36. The van der Waals surface area contributed by atoms with Gasteiger partial charge >= 0.3 is 5.97 Å². The highest BCUT2D eigenvalue weighted by molar-refractivity contribution is 7.19. The summed E-state index contributed by atoms with van der Waals surface area (Å²) in [5.41, 5.74) is 1.03. The van der Waals surface area contributed by atoms with E-state index in [1.165, 1.54) is 24.8 Å². The number of tetrazole rings is 1. The largest absolute Gasteiger partial charge is 0.464 e. The highest BCUT2D eigenvalue weighted by atomic mass is 32.1. The van der Waals surface area contributed by atoms with Gasteiger partial charge in [-0.2, -0.15) is 0 Å². The molecule has 2 aromatic heterocycles. The maximum Gasteiger partial charge on any atom is 0.358 e. The van der Waals surface area contributed by atoms with E-state index in [0.717, 1.165) is 5.56 Å². The Morgan fingerprint density at radius 1 is 1.27 bits per heavy atom. The number of amides is 1. The topological polar surface area (TPSA) is 112 Å². The van der Waals surface area contributed by atoms with Crippen LogP contribution in [0.2, 0.25) is 0 Å². The number of aryl methyl sites for hydroxylation is 1. The van der Waals surface area contributed by atoms with Crippen LogP contribution in [0.4, 0.5) is 5.13 Å². The van der Waals surface area contributed by atoms with E-state index >= 15 is 0 Å². The van der Waals surface area contributed by atoms with E-state index in [9.17, 15) is 9.59 Å². The zero-order chi connectivity index (χ0) is 18.4. The van der Waals surface area contributed by atoms with Gasteiger partial charge in [0.25, 0.3) is 0 Å². The van der Waals surface area contributed by atoms with E-state index in [-0.39, 0.29) is 18.0 Å². The van der Waals surface area contributed by atoms with Crippen molar-refractivity contribution in [2.45, 2.75) is 19.4 Å². The lowest BCUT2D eigenvalue weighted by Gasteiger charge is -2.01. The van der Waals surface area contributed by atoms with Gasteiger partial charge in [-0.05, 0) is 22.4 Å². The van der Waals surface area contributed by atoms with Crippen molar-refractivity contribution in [2.24, 2.45) is 0 Å². The van der Waals surface area contributed by atoms with Gasteiger partial charge in [-0.3, -0.25) is 4.79 Å². The van der Waals surface area contributed by atoms with Gasteiger partial charge in [-0.25, -0.2) is 14.5 Å². The van der Waals surface area contributed by atoms with Gasteiger partial charge in [0.1, 0.15) is 6.33 Å². The molecule has 0 atom stereocenters. The number of nitrogens with one attached hydrogen (secondary N) is 1. The fourth-order valence-corrected chi connectivity index (χ4v) is 3.23. The highest BCUT2D eigenvalue weighted by Crippen LogP contribution is 2.33. The molecule has 26 heavy (non-hydrogen) atoms. The first-order chi connectivity index (χ1) is 12.7.